The molecule has 0 amide bonds. The normalized spacial score (nSPS) is 14.2. The van der Waals surface area contributed by atoms with Crippen LogP contribution in [0.4, 0.5) is 0 Å². The van der Waals surface area contributed by atoms with Gasteiger partial charge in [0.1, 0.15) is 0 Å². The fourth-order valence-electron chi connectivity index (χ4n) is 2.07. The summed E-state index contributed by atoms with van der Waals surface area (Å²) < 4.78 is 16.1. The molecule has 19 heavy (non-hydrogen) atoms. The van der Waals surface area contributed by atoms with Gasteiger partial charge in [0.25, 0.3) is 0 Å². The monoisotopic (exact) mass is 289 g/mol. The minimum atomic E-state index is -2.68. The molecule has 0 rings (SSSR count). The SMILES string of the molecule is CCCCCCCC=CCC(N)[Si](OC)(OC)OC. The first-order chi connectivity index (χ1) is 9.16. The summed E-state index contributed by atoms with van der Waals surface area (Å²) >= 11 is 0. The van der Waals surface area contributed by atoms with E-state index in [9.17, 15) is 0 Å². The minimum Gasteiger partial charge on any atom is -0.376 e. The van der Waals surface area contributed by atoms with Crippen molar-refractivity contribution in [1.82, 2.24) is 0 Å². The Morgan fingerprint density at radius 1 is 0.947 bits per heavy atom. The van der Waals surface area contributed by atoms with E-state index in [1.54, 1.807) is 21.3 Å². The highest BCUT2D eigenvalue weighted by atomic mass is 28.4. The van der Waals surface area contributed by atoms with E-state index in [1.807, 2.05) is 0 Å². The first-order valence-electron chi connectivity index (χ1n) is 7.22. The summed E-state index contributed by atoms with van der Waals surface area (Å²) in [6.07, 6.45) is 12.7. The van der Waals surface area contributed by atoms with E-state index in [4.69, 9.17) is 19.0 Å². The van der Waals surface area contributed by atoms with E-state index in [-0.39, 0.29) is 5.67 Å². The van der Waals surface area contributed by atoms with Crippen LogP contribution in [0.25, 0.3) is 0 Å². The quantitative estimate of drug-likeness (QED) is 0.341. The van der Waals surface area contributed by atoms with E-state index in [0.29, 0.717) is 0 Å². The maximum Gasteiger partial charge on any atom is 0.518 e. The first kappa shape index (κ1) is 18.8. The number of nitrogens with two attached hydrogens (primary N) is 1. The maximum atomic E-state index is 6.10. The van der Waals surface area contributed by atoms with Crippen molar-refractivity contribution >= 4 is 8.80 Å². The molecule has 0 heterocycles. The molecule has 0 bridgehead atoms. The Balaban J connectivity index is 3.85. The van der Waals surface area contributed by atoms with E-state index < -0.39 is 8.80 Å². The summed E-state index contributed by atoms with van der Waals surface area (Å²) in [7, 11) is 2.10. The predicted octanol–water partition coefficient (Wildman–Crippen LogP) is 3.04. The highest BCUT2D eigenvalue weighted by Gasteiger charge is 2.44. The molecule has 1 atom stereocenters. The smallest absolute Gasteiger partial charge is 0.376 e. The predicted molar refractivity (Wildman–Crippen MR) is 81.9 cm³/mol. The fraction of sp³-hybridized carbons (Fsp3) is 0.857. The number of hydrogen-bond donors (Lipinski definition) is 1. The van der Waals surface area contributed by atoms with Gasteiger partial charge in [0, 0.05) is 21.3 Å². The molecule has 0 aliphatic heterocycles. The third kappa shape index (κ3) is 7.22. The summed E-state index contributed by atoms with van der Waals surface area (Å²) in [6, 6.07) is 0. The highest BCUT2D eigenvalue weighted by molar-refractivity contribution is 6.62. The molecule has 0 aromatic carbocycles. The number of allylic oxidation sites excluding steroid dienone is 1. The number of hydrogen-bond acceptors (Lipinski definition) is 4. The van der Waals surface area contributed by atoms with Crippen LogP contribution in [-0.4, -0.2) is 35.8 Å². The Morgan fingerprint density at radius 3 is 2.05 bits per heavy atom. The second-order valence-corrected chi connectivity index (χ2v) is 7.91. The molecule has 0 fully saturated rings. The van der Waals surface area contributed by atoms with Crippen LogP contribution in [0.2, 0.25) is 0 Å². The zero-order chi connectivity index (χ0) is 14.6. The van der Waals surface area contributed by atoms with Gasteiger partial charge in [-0.1, -0.05) is 44.8 Å². The van der Waals surface area contributed by atoms with Crippen molar-refractivity contribution in [3.8, 4) is 0 Å². The second kappa shape index (κ2) is 11.6. The van der Waals surface area contributed by atoms with Gasteiger partial charge in [0.05, 0.1) is 5.67 Å². The van der Waals surface area contributed by atoms with Crippen molar-refractivity contribution < 1.29 is 13.3 Å². The molecule has 1 unspecified atom stereocenters. The summed E-state index contributed by atoms with van der Waals surface area (Å²) in [5.74, 6) is 0. The van der Waals surface area contributed by atoms with Crippen LogP contribution in [0.5, 0.6) is 0 Å². The molecule has 2 N–H and O–H groups in total. The molecule has 4 nitrogen and oxygen atoms in total. The standard InChI is InChI=1S/C14H31NO3Si/c1-5-6-7-8-9-10-11-12-13-14(15)19(16-2,17-3)18-4/h11-12,14H,5-10,13,15H2,1-4H3. The average Bonchev–Trinajstić information content (AvgIpc) is 2.44. The van der Waals surface area contributed by atoms with Crippen LogP contribution in [0.3, 0.4) is 0 Å². The van der Waals surface area contributed by atoms with Crippen molar-refractivity contribution in [2.24, 2.45) is 5.73 Å². The molecule has 5 heteroatoms. The Morgan fingerprint density at radius 2 is 1.53 bits per heavy atom. The van der Waals surface area contributed by atoms with Crippen molar-refractivity contribution in [1.29, 1.82) is 0 Å². The van der Waals surface area contributed by atoms with Gasteiger partial charge in [-0.05, 0) is 19.3 Å². The van der Waals surface area contributed by atoms with Gasteiger partial charge < -0.3 is 19.0 Å². The summed E-state index contributed by atoms with van der Waals surface area (Å²) in [4.78, 5) is 0. The third-order valence-electron chi connectivity index (χ3n) is 3.34. The molecular formula is C14H31NO3Si. The highest BCUT2D eigenvalue weighted by Crippen LogP contribution is 2.13. The van der Waals surface area contributed by atoms with Crippen LogP contribution in [-0.2, 0) is 13.3 Å². The minimum absolute atomic E-state index is 0.205. The first-order valence-corrected chi connectivity index (χ1v) is 9.03. The zero-order valence-electron chi connectivity index (χ0n) is 13.0. The lowest BCUT2D eigenvalue weighted by atomic mass is 10.1. The lowest BCUT2D eigenvalue weighted by molar-refractivity contribution is 0.113. The van der Waals surface area contributed by atoms with E-state index >= 15 is 0 Å². The Kier molecular flexibility index (Phi) is 11.5. The topological polar surface area (TPSA) is 53.7 Å². The number of rotatable bonds is 12. The summed E-state index contributed by atoms with van der Waals surface area (Å²) in [5, 5.41) is 0. The van der Waals surface area contributed by atoms with E-state index in [2.05, 4.69) is 19.1 Å². The largest absolute Gasteiger partial charge is 0.518 e. The Labute approximate surface area is 119 Å². The van der Waals surface area contributed by atoms with Gasteiger partial charge in [-0.15, -0.1) is 0 Å². The van der Waals surface area contributed by atoms with Gasteiger partial charge in [-0.2, -0.15) is 0 Å². The van der Waals surface area contributed by atoms with Crippen LogP contribution in [0.15, 0.2) is 12.2 Å². The zero-order valence-corrected chi connectivity index (χ0v) is 14.0. The van der Waals surface area contributed by atoms with Crippen LogP contribution in [0, 0.1) is 0 Å². The lowest BCUT2D eigenvalue weighted by Crippen LogP contribution is -2.58. The molecule has 0 aromatic heterocycles. The average molecular weight is 289 g/mol. The maximum absolute atomic E-state index is 6.10. The van der Waals surface area contributed by atoms with E-state index in [1.165, 1.54) is 32.1 Å². The summed E-state index contributed by atoms with van der Waals surface area (Å²) in [6.45, 7) is 2.23. The Hall–Kier alpha value is -0.203. The molecule has 0 aliphatic carbocycles. The molecule has 0 spiro atoms. The van der Waals surface area contributed by atoms with Crippen molar-refractivity contribution in [3.05, 3.63) is 12.2 Å². The lowest BCUT2D eigenvalue weighted by Gasteiger charge is -2.29. The van der Waals surface area contributed by atoms with E-state index in [0.717, 1.165) is 12.8 Å². The summed E-state index contributed by atoms with van der Waals surface area (Å²) in [5.41, 5.74) is 5.90. The fourth-order valence-corrected chi connectivity index (χ4v) is 3.91. The molecule has 114 valence electrons. The van der Waals surface area contributed by atoms with Crippen molar-refractivity contribution in [3.63, 3.8) is 0 Å². The van der Waals surface area contributed by atoms with Crippen molar-refractivity contribution in [2.45, 2.75) is 57.5 Å². The van der Waals surface area contributed by atoms with Gasteiger partial charge in [0.15, 0.2) is 0 Å². The van der Waals surface area contributed by atoms with Crippen LogP contribution in [0.1, 0.15) is 51.9 Å². The van der Waals surface area contributed by atoms with Gasteiger partial charge in [0.2, 0.25) is 0 Å². The molecular weight excluding hydrogens is 258 g/mol. The van der Waals surface area contributed by atoms with Gasteiger partial charge >= 0.3 is 8.80 Å². The van der Waals surface area contributed by atoms with Crippen molar-refractivity contribution in [2.75, 3.05) is 21.3 Å². The van der Waals surface area contributed by atoms with Crippen LogP contribution >= 0.6 is 0 Å². The third-order valence-corrected chi connectivity index (χ3v) is 6.19. The molecule has 0 aromatic rings. The second-order valence-electron chi connectivity index (χ2n) is 4.73. The van der Waals surface area contributed by atoms with Crippen LogP contribution < -0.4 is 5.73 Å². The molecule has 0 radical (unpaired) electrons. The van der Waals surface area contributed by atoms with Gasteiger partial charge in [-0.3, -0.25) is 0 Å². The molecule has 0 aliphatic rings. The number of unbranched alkanes of at least 4 members (excludes halogenated alkanes) is 5. The van der Waals surface area contributed by atoms with Gasteiger partial charge in [-0.25, -0.2) is 0 Å². The Bertz CT molecular complexity index is 224. The molecule has 0 saturated heterocycles. The molecule has 0 saturated carbocycles.